The molecule has 1 aliphatic rings. The van der Waals surface area contributed by atoms with E-state index >= 15 is 0 Å². The number of hydrogen-bond donors (Lipinski definition) is 1. The van der Waals surface area contributed by atoms with Crippen LogP contribution in [0.3, 0.4) is 0 Å². The fourth-order valence-electron chi connectivity index (χ4n) is 5.15. The summed E-state index contributed by atoms with van der Waals surface area (Å²) in [5, 5.41) is 15.2. The minimum Gasteiger partial charge on any atom is -0.393 e. The molecule has 1 aliphatic carbocycles. The van der Waals surface area contributed by atoms with E-state index in [-0.39, 0.29) is 17.8 Å². The van der Waals surface area contributed by atoms with Gasteiger partial charge in [-0.25, -0.2) is 4.79 Å². The van der Waals surface area contributed by atoms with E-state index in [2.05, 4.69) is 27.2 Å². The Morgan fingerprint density at radius 1 is 0.912 bits per heavy atom. The lowest BCUT2D eigenvalue weighted by molar-refractivity contribution is 0.111. The Balaban J connectivity index is 1.48. The molecule has 1 saturated carbocycles. The van der Waals surface area contributed by atoms with Crippen molar-refractivity contribution in [2.24, 2.45) is 14.1 Å². The summed E-state index contributed by atoms with van der Waals surface area (Å²) >= 11 is 0. The van der Waals surface area contributed by atoms with Crippen LogP contribution in [0.2, 0.25) is 0 Å². The van der Waals surface area contributed by atoms with Crippen LogP contribution in [0.15, 0.2) is 59.9 Å². The van der Waals surface area contributed by atoms with Gasteiger partial charge in [0.05, 0.1) is 40.7 Å². The second-order valence-electron chi connectivity index (χ2n) is 9.23. The van der Waals surface area contributed by atoms with Crippen LogP contribution in [0.25, 0.3) is 44.3 Å². The van der Waals surface area contributed by atoms with Crippen LogP contribution < -0.4 is 5.69 Å². The van der Waals surface area contributed by atoms with Crippen molar-refractivity contribution in [3.63, 3.8) is 0 Å². The van der Waals surface area contributed by atoms with Crippen molar-refractivity contribution in [1.29, 1.82) is 0 Å². The summed E-state index contributed by atoms with van der Waals surface area (Å²) in [6.07, 6.45) is 10.2. The predicted molar refractivity (Wildman–Crippen MR) is 131 cm³/mol. The van der Waals surface area contributed by atoms with Gasteiger partial charge in [-0.05, 0) is 49.4 Å². The van der Waals surface area contributed by atoms with Gasteiger partial charge >= 0.3 is 5.69 Å². The molecule has 0 bridgehead atoms. The molecule has 1 aromatic carbocycles. The highest BCUT2D eigenvalue weighted by Crippen LogP contribution is 2.34. The lowest BCUT2D eigenvalue weighted by Gasteiger charge is -2.26. The monoisotopic (exact) mass is 454 g/mol. The molecule has 0 radical (unpaired) electrons. The van der Waals surface area contributed by atoms with Gasteiger partial charge in [-0.3, -0.25) is 23.8 Å². The second kappa shape index (κ2) is 7.92. The standard InChI is InChI=1S/C26H26N6O2/c1-30-15-18(13-29-30)22-9-4-17(12-27-22)16-3-10-23-21(11-16)25-24(14-28-23)31(2)26(34)32(25)19-5-7-20(33)8-6-19/h3-4,9-15,19-20,33H,5-8H2,1-2H3. The first-order valence-electron chi connectivity index (χ1n) is 11.6. The van der Waals surface area contributed by atoms with Crippen molar-refractivity contribution < 1.29 is 5.11 Å². The Labute approximate surface area is 196 Å². The molecule has 8 nitrogen and oxygen atoms in total. The van der Waals surface area contributed by atoms with E-state index in [9.17, 15) is 9.90 Å². The summed E-state index contributed by atoms with van der Waals surface area (Å²) in [6, 6.07) is 10.3. The molecule has 1 N–H and O–H groups in total. The van der Waals surface area contributed by atoms with Gasteiger partial charge in [-0.15, -0.1) is 0 Å². The lowest BCUT2D eigenvalue weighted by Crippen LogP contribution is -2.29. The molecule has 34 heavy (non-hydrogen) atoms. The largest absolute Gasteiger partial charge is 0.393 e. The first-order valence-corrected chi connectivity index (χ1v) is 11.6. The first-order chi connectivity index (χ1) is 16.5. The third-order valence-corrected chi connectivity index (χ3v) is 7.04. The van der Waals surface area contributed by atoms with Gasteiger partial charge in [-0.2, -0.15) is 5.10 Å². The van der Waals surface area contributed by atoms with Gasteiger partial charge < -0.3 is 5.11 Å². The summed E-state index contributed by atoms with van der Waals surface area (Å²) in [5.41, 5.74) is 6.44. The number of imidazole rings is 1. The third-order valence-electron chi connectivity index (χ3n) is 7.04. The average Bonchev–Trinajstić information content (AvgIpc) is 3.41. The number of aryl methyl sites for hydroxylation is 2. The smallest absolute Gasteiger partial charge is 0.329 e. The van der Waals surface area contributed by atoms with E-state index in [1.165, 1.54) is 0 Å². The zero-order valence-electron chi connectivity index (χ0n) is 19.2. The zero-order chi connectivity index (χ0) is 23.4. The highest BCUT2D eigenvalue weighted by atomic mass is 16.3. The van der Waals surface area contributed by atoms with Crippen molar-refractivity contribution in [3.8, 4) is 22.4 Å². The van der Waals surface area contributed by atoms with E-state index in [1.54, 1.807) is 28.7 Å². The molecule has 8 heteroatoms. The number of rotatable bonds is 3. The van der Waals surface area contributed by atoms with E-state index < -0.39 is 0 Å². The summed E-state index contributed by atoms with van der Waals surface area (Å²) < 4.78 is 5.38. The number of aliphatic hydroxyl groups excluding tert-OH is 1. The van der Waals surface area contributed by atoms with Crippen LogP contribution in [0.4, 0.5) is 0 Å². The minimum atomic E-state index is -0.269. The van der Waals surface area contributed by atoms with Gasteiger partial charge in [0.15, 0.2) is 0 Å². The van der Waals surface area contributed by atoms with Gasteiger partial charge in [0.2, 0.25) is 0 Å². The van der Waals surface area contributed by atoms with Crippen molar-refractivity contribution >= 4 is 21.9 Å². The molecule has 0 aliphatic heterocycles. The third kappa shape index (κ3) is 3.33. The number of hydrogen-bond acceptors (Lipinski definition) is 5. The lowest BCUT2D eigenvalue weighted by atomic mass is 9.92. The van der Waals surface area contributed by atoms with Crippen molar-refractivity contribution in [2.75, 3.05) is 0 Å². The molecular formula is C26H26N6O2. The molecule has 5 aromatic rings. The number of benzene rings is 1. The first kappa shape index (κ1) is 20.8. The molecule has 172 valence electrons. The summed E-state index contributed by atoms with van der Waals surface area (Å²) in [6.45, 7) is 0. The molecular weight excluding hydrogens is 428 g/mol. The van der Waals surface area contributed by atoms with Crippen LogP contribution in [-0.2, 0) is 14.1 Å². The van der Waals surface area contributed by atoms with Gasteiger partial charge in [0.25, 0.3) is 0 Å². The van der Waals surface area contributed by atoms with E-state index in [1.807, 2.05) is 42.2 Å². The summed E-state index contributed by atoms with van der Waals surface area (Å²) in [5.74, 6) is 0. The number of fused-ring (bicyclic) bond motifs is 3. The minimum absolute atomic E-state index is 0.0291. The predicted octanol–water partition coefficient (Wildman–Crippen LogP) is 3.83. The maximum Gasteiger partial charge on any atom is 0.329 e. The van der Waals surface area contributed by atoms with E-state index in [0.717, 1.165) is 70.0 Å². The molecule has 6 rings (SSSR count). The van der Waals surface area contributed by atoms with Gasteiger partial charge in [0.1, 0.15) is 0 Å². The van der Waals surface area contributed by atoms with Crippen LogP contribution in [0.5, 0.6) is 0 Å². The van der Waals surface area contributed by atoms with Crippen molar-refractivity contribution in [2.45, 2.75) is 37.8 Å². The van der Waals surface area contributed by atoms with Crippen LogP contribution >= 0.6 is 0 Å². The van der Waals surface area contributed by atoms with Crippen LogP contribution in [0, 0.1) is 0 Å². The molecule has 0 spiro atoms. The van der Waals surface area contributed by atoms with Crippen molar-refractivity contribution in [1.82, 2.24) is 28.9 Å². The topological polar surface area (TPSA) is 90.8 Å². The summed E-state index contributed by atoms with van der Waals surface area (Å²) in [7, 11) is 3.69. The molecule has 1 fully saturated rings. The summed E-state index contributed by atoms with van der Waals surface area (Å²) in [4.78, 5) is 22.5. The van der Waals surface area contributed by atoms with E-state index in [0.29, 0.717) is 0 Å². The number of pyridine rings is 2. The Bertz CT molecular complexity index is 1570. The Morgan fingerprint density at radius 2 is 1.71 bits per heavy atom. The fourth-order valence-corrected chi connectivity index (χ4v) is 5.15. The fraction of sp³-hybridized carbons (Fsp3) is 0.308. The second-order valence-corrected chi connectivity index (χ2v) is 9.23. The Morgan fingerprint density at radius 3 is 2.41 bits per heavy atom. The highest BCUT2D eigenvalue weighted by Gasteiger charge is 2.26. The van der Waals surface area contributed by atoms with Gasteiger partial charge in [-0.1, -0.05) is 12.1 Å². The quantitative estimate of drug-likeness (QED) is 0.447. The number of aromatic nitrogens is 6. The van der Waals surface area contributed by atoms with E-state index in [4.69, 9.17) is 0 Å². The van der Waals surface area contributed by atoms with Crippen LogP contribution in [0.1, 0.15) is 31.7 Å². The maximum absolute atomic E-state index is 13.3. The SMILES string of the molecule is Cn1cc(-c2ccc(-c3ccc4ncc5c(c4c3)n(C3CCC(O)CC3)c(=O)n5C)cn2)cn1. The Kier molecular flexibility index (Phi) is 4.84. The average molecular weight is 455 g/mol. The molecule has 0 amide bonds. The van der Waals surface area contributed by atoms with Crippen molar-refractivity contribution in [3.05, 3.63) is 65.6 Å². The molecule has 0 saturated heterocycles. The van der Waals surface area contributed by atoms with Gasteiger partial charge in [0, 0.05) is 49.0 Å². The zero-order valence-corrected chi connectivity index (χ0v) is 19.2. The number of nitrogens with zero attached hydrogens (tertiary/aromatic N) is 6. The Hall–Kier alpha value is -3.78. The molecule has 4 heterocycles. The molecule has 0 unspecified atom stereocenters. The normalized spacial score (nSPS) is 18.7. The maximum atomic E-state index is 13.3. The molecule has 0 atom stereocenters. The number of aliphatic hydroxyl groups is 1. The molecule has 4 aromatic heterocycles. The highest BCUT2D eigenvalue weighted by molar-refractivity contribution is 6.04. The van der Waals surface area contributed by atoms with Crippen LogP contribution in [-0.4, -0.2) is 40.1 Å².